The summed E-state index contributed by atoms with van der Waals surface area (Å²) in [5.41, 5.74) is 4.31. The Labute approximate surface area is 337 Å². The van der Waals surface area contributed by atoms with Crippen LogP contribution in [0.1, 0.15) is 90.8 Å². The third-order valence-corrected chi connectivity index (χ3v) is 8.86. The van der Waals surface area contributed by atoms with Gasteiger partial charge in [0.05, 0.1) is 26.4 Å². The lowest BCUT2D eigenvalue weighted by Crippen LogP contribution is -2.48. The number of benzene rings is 3. The van der Waals surface area contributed by atoms with Crippen molar-refractivity contribution in [3.8, 4) is 16.9 Å². The molecule has 0 aliphatic heterocycles. The summed E-state index contributed by atoms with van der Waals surface area (Å²) in [4.78, 5) is 51.8. The molecule has 57 heavy (non-hydrogen) atoms. The van der Waals surface area contributed by atoms with E-state index in [4.69, 9.17) is 23.7 Å². The Balaban J connectivity index is 1.13. The molecule has 0 spiro atoms. The molecular weight excluding hydrogens is 727 g/mol. The number of carbonyl (C=O) groups is 4. The van der Waals surface area contributed by atoms with E-state index < -0.39 is 29.7 Å². The van der Waals surface area contributed by atoms with E-state index in [1.165, 1.54) is 0 Å². The van der Waals surface area contributed by atoms with Gasteiger partial charge in [-0.1, -0.05) is 74.5 Å². The highest BCUT2D eigenvalue weighted by atomic mass is 16.6. The summed E-state index contributed by atoms with van der Waals surface area (Å²) in [5.74, 6) is -0.394. The quantitative estimate of drug-likeness (QED) is 0.0838. The van der Waals surface area contributed by atoms with Gasteiger partial charge in [-0.25, -0.2) is 9.59 Å². The first-order valence-electron chi connectivity index (χ1n) is 19.8. The van der Waals surface area contributed by atoms with E-state index in [0.717, 1.165) is 27.8 Å². The van der Waals surface area contributed by atoms with Gasteiger partial charge in [0.15, 0.2) is 0 Å². The molecule has 3 aromatic carbocycles. The molecule has 12 heteroatoms. The van der Waals surface area contributed by atoms with Crippen LogP contribution in [0.25, 0.3) is 11.1 Å². The van der Waals surface area contributed by atoms with E-state index >= 15 is 0 Å². The van der Waals surface area contributed by atoms with Crippen molar-refractivity contribution in [1.29, 1.82) is 0 Å². The second-order valence-corrected chi connectivity index (χ2v) is 16.6. The third kappa shape index (κ3) is 15.2. The Kier molecular flexibility index (Phi) is 16.5. The van der Waals surface area contributed by atoms with Gasteiger partial charge in [0.1, 0.15) is 35.6 Å². The molecular formula is C45H61N3O9. The third-order valence-electron chi connectivity index (χ3n) is 8.86. The lowest BCUT2D eigenvalue weighted by molar-refractivity contribution is -0.158. The zero-order valence-electron chi connectivity index (χ0n) is 34.8. The fraction of sp³-hybridized carbons (Fsp3) is 0.511. The molecule has 0 unspecified atom stereocenters. The number of fused-ring (bicyclic) bond motifs is 3. The smallest absolute Gasteiger partial charge is 0.407 e. The number of ether oxygens (including phenoxy) is 5. The van der Waals surface area contributed by atoms with E-state index in [0.29, 0.717) is 12.2 Å². The van der Waals surface area contributed by atoms with Gasteiger partial charge in [0.25, 0.3) is 0 Å². The first-order chi connectivity index (χ1) is 27.0. The lowest BCUT2D eigenvalue weighted by atomic mass is 9.98. The predicted molar refractivity (Wildman–Crippen MR) is 219 cm³/mol. The molecule has 1 aliphatic rings. The number of alkyl carbamates (subject to hydrolysis) is 1. The Morgan fingerprint density at radius 1 is 0.702 bits per heavy atom. The van der Waals surface area contributed by atoms with Crippen molar-refractivity contribution in [2.45, 2.75) is 104 Å². The maximum Gasteiger partial charge on any atom is 0.407 e. The normalized spacial score (nSPS) is 13.6. The van der Waals surface area contributed by atoms with Crippen molar-refractivity contribution >= 4 is 23.9 Å². The Bertz CT molecular complexity index is 1730. The van der Waals surface area contributed by atoms with Crippen molar-refractivity contribution in [3.05, 3.63) is 89.5 Å². The SMILES string of the molecule is CC(C)C[C@H](NC(=O)OCC1c2ccccc2-c2ccccc21)C(=O)NCCOCCOCCC(=O)N[C@@H](Cc1ccc(OC(C)(C)C)cc1)C(=O)OC(C)(C)C. The van der Waals surface area contributed by atoms with Crippen molar-refractivity contribution in [3.63, 3.8) is 0 Å². The number of nitrogens with one attached hydrogen (secondary N) is 3. The van der Waals surface area contributed by atoms with Crippen molar-refractivity contribution < 1.29 is 42.9 Å². The standard InChI is InChI=1S/C45H61N3O9/c1-30(2)27-38(48-43(52)55-29-37-35-15-11-9-13-33(35)34-14-10-12-16-36(34)37)41(50)46-22-24-54-26-25-53-23-21-40(49)47-39(42(51)57-45(6,7)8)28-31-17-19-32(20-18-31)56-44(3,4)5/h9-20,30,37-39H,21-29H2,1-8H3,(H,46,50)(H,47,49)(H,48,52)/t38-,39-/m0/s1. The van der Waals surface area contributed by atoms with Crippen LogP contribution in [0.4, 0.5) is 4.79 Å². The number of carbonyl (C=O) groups excluding carboxylic acids is 4. The van der Waals surface area contributed by atoms with Crippen molar-refractivity contribution in [1.82, 2.24) is 16.0 Å². The number of esters is 1. The van der Waals surface area contributed by atoms with Crippen LogP contribution in [0.5, 0.6) is 5.75 Å². The minimum atomic E-state index is -0.876. The molecule has 12 nitrogen and oxygen atoms in total. The van der Waals surface area contributed by atoms with E-state index in [-0.39, 0.29) is 81.7 Å². The van der Waals surface area contributed by atoms with Gasteiger partial charge in [0.2, 0.25) is 11.8 Å². The van der Waals surface area contributed by atoms with Crippen molar-refractivity contribution in [2.24, 2.45) is 5.92 Å². The summed E-state index contributed by atoms with van der Waals surface area (Å²) in [6.07, 6.45) is 0.0984. The molecule has 1 aliphatic carbocycles. The van der Waals surface area contributed by atoms with Gasteiger partial charge in [-0.15, -0.1) is 0 Å². The monoisotopic (exact) mass is 787 g/mol. The van der Waals surface area contributed by atoms with Crippen LogP contribution < -0.4 is 20.7 Å². The molecule has 0 saturated carbocycles. The second-order valence-electron chi connectivity index (χ2n) is 16.6. The molecule has 3 amide bonds. The van der Waals surface area contributed by atoms with E-state index in [1.807, 2.05) is 83.1 Å². The Hall–Kier alpha value is -4.94. The van der Waals surface area contributed by atoms with Crippen LogP contribution >= 0.6 is 0 Å². The van der Waals surface area contributed by atoms with Gasteiger partial charge in [-0.2, -0.15) is 0 Å². The number of rotatable bonds is 20. The molecule has 0 radical (unpaired) electrons. The zero-order chi connectivity index (χ0) is 41.6. The van der Waals surface area contributed by atoms with Crippen LogP contribution in [-0.2, 0) is 39.8 Å². The van der Waals surface area contributed by atoms with Crippen LogP contribution in [0, 0.1) is 5.92 Å². The highest BCUT2D eigenvalue weighted by Gasteiger charge is 2.30. The highest BCUT2D eigenvalue weighted by Crippen LogP contribution is 2.44. The minimum absolute atomic E-state index is 0.0433. The van der Waals surface area contributed by atoms with Crippen LogP contribution in [0.2, 0.25) is 0 Å². The van der Waals surface area contributed by atoms with E-state index in [9.17, 15) is 19.2 Å². The zero-order valence-corrected chi connectivity index (χ0v) is 34.8. The fourth-order valence-corrected chi connectivity index (χ4v) is 6.46. The Morgan fingerprint density at radius 3 is 1.88 bits per heavy atom. The van der Waals surface area contributed by atoms with Crippen molar-refractivity contribution in [2.75, 3.05) is 39.6 Å². The second kappa shape index (κ2) is 21.0. The molecule has 0 heterocycles. The van der Waals surface area contributed by atoms with Gasteiger partial charge in [-0.05, 0) is 93.8 Å². The molecule has 2 atom stereocenters. The van der Waals surface area contributed by atoms with Crippen LogP contribution in [0.15, 0.2) is 72.8 Å². The van der Waals surface area contributed by atoms with E-state index in [2.05, 4.69) is 40.2 Å². The largest absolute Gasteiger partial charge is 0.488 e. The minimum Gasteiger partial charge on any atom is -0.488 e. The molecule has 3 N–H and O–H groups in total. The topological polar surface area (TPSA) is 151 Å². The number of hydrogen-bond acceptors (Lipinski definition) is 9. The first-order valence-corrected chi connectivity index (χ1v) is 19.8. The summed E-state index contributed by atoms with van der Waals surface area (Å²) in [7, 11) is 0. The van der Waals surface area contributed by atoms with Gasteiger partial charge >= 0.3 is 12.1 Å². The Morgan fingerprint density at radius 2 is 1.30 bits per heavy atom. The predicted octanol–water partition coefficient (Wildman–Crippen LogP) is 6.73. The molecule has 3 aromatic rings. The summed E-state index contributed by atoms with van der Waals surface area (Å²) in [6.45, 7) is 16.5. The maximum atomic E-state index is 13.1. The van der Waals surface area contributed by atoms with Crippen LogP contribution in [-0.4, -0.2) is 86.7 Å². The number of hydrogen-bond donors (Lipinski definition) is 3. The molecule has 0 bridgehead atoms. The molecule has 0 fully saturated rings. The first kappa shape index (κ1) is 44.8. The van der Waals surface area contributed by atoms with Gasteiger partial charge < -0.3 is 39.6 Å². The number of amides is 3. The average Bonchev–Trinajstić information content (AvgIpc) is 3.45. The molecule has 310 valence electrons. The van der Waals surface area contributed by atoms with Gasteiger partial charge in [-0.3, -0.25) is 9.59 Å². The molecule has 0 aromatic heterocycles. The van der Waals surface area contributed by atoms with E-state index in [1.54, 1.807) is 20.8 Å². The fourth-order valence-electron chi connectivity index (χ4n) is 6.46. The lowest BCUT2D eigenvalue weighted by Gasteiger charge is -2.25. The maximum absolute atomic E-state index is 13.1. The molecule has 0 saturated heterocycles. The van der Waals surface area contributed by atoms with Gasteiger partial charge in [0, 0.05) is 25.3 Å². The summed E-state index contributed by atoms with van der Waals surface area (Å²) < 4.78 is 28.3. The highest BCUT2D eigenvalue weighted by molar-refractivity contribution is 5.86. The summed E-state index contributed by atoms with van der Waals surface area (Å²) in [6, 6.07) is 22.0. The molecule has 4 rings (SSSR count). The average molecular weight is 788 g/mol. The summed E-state index contributed by atoms with van der Waals surface area (Å²) in [5, 5.41) is 8.39. The summed E-state index contributed by atoms with van der Waals surface area (Å²) >= 11 is 0. The van der Waals surface area contributed by atoms with Crippen LogP contribution in [0.3, 0.4) is 0 Å².